The van der Waals surface area contributed by atoms with Gasteiger partial charge in [-0.05, 0) is 45.7 Å². The standard InChI is InChI=1S/C17H23ClFNO3/c1-17(2,3)23-16(22)20-8-7-15(21)11(10-20)9-12-13(18)5-4-6-14(12)19/h4-6,11,15,21H,7-10H2,1-3H3. The first-order chi connectivity index (χ1) is 10.7. The molecular formula is C17H23ClFNO3. The van der Waals surface area contributed by atoms with Crippen LogP contribution in [0.5, 0.6) is 0 Å². The highest BCUT2D eigenvalue weighted by Gasteiger charge is 2.33. The van der Waals surface area contributed by atoms with Gasteiger partial charge in [0.2, 0.25) is 0 Å². The van der Waals surface area contributed by atoms with Gasteiger partial charge in [-0.1, -0.05) is 17.7 Å². The Balaban J connectivity index is 2.08. The van der Waals surface area contributed by atoms with Crippen LogP contribution in [0.15, 0.2) is 18.2 Å². The van der Waals surface area contributed by atoms with Crippen LogP contribution < -0.4 is 0 Å². The van der Waals surface area contributed by atoms with Crippen molar-refractivity contribution in [3.8, 4) is 0 Å². The zero-order valence-electron chi connectivity index (χ0n) is 13.7. The van der Waals surface area contributed by atoms with Gasteiger partial charge in [-0.2, -0.15) is 0 Å². The highest BCUT2D eigenvalue weighted by Crippen LogP contribution is 2.27. The van der Waals surface area contributed by atoms with Crippen molar-refractivity contribution >= 4 is 17.7 Å². The van der Waals surface area contributed by atoms with Crippen LogP contribution in [0.25, 0.3) is 0 Å². The number of carbonyl (C=O) groups excluding carboxylic acids is 1. The number of nitrogens with zero attached hydrogens (tertiary/aromatic N) is 1. The molecule has 2 unspecified atom stereocenters. The van der Waals surface area contributed by atoms with E-state index in [1.165, 1.54) is 6.07 Å². The third-order valence-corrected chi connectivity index (χ3v) is 4.23. The number of benzene rings is 1. The summed E-state index contributed by atoms with van der Waals surface area (Å²) in [5.41, 5.74) is -0.193. The van der Waals surface area contributed by atoms with Gasteiger partial charge >= 0.3 is 6.09 Å². The summed E-state index contributed by atoms with van der Waals surface area (Å²) in [5, 5.41) is 10.5. The molecule has 128 valence electrons. The van der Waals surface area contributed by atoms with Crippen LogP contribution in [-0.2, 0) is 11.2 Å². The molecule has 1 aromatic rings. The number of halogens is 2. The molecule has 1 fully saturated rings. The van der Waals surface area contributed by atoms with Crippen LogP contribution in [0.2, 0.25) is 5.02 Å². The number of aliphatic hydroxyl groups excluding tert-OH is 1. The van der Waals surface area contributed by atoms with Crippen LogP contribution >= 0.6 is 11.6 Å². The van der Waals surface area contributed by atoms with E-state index in [1.807, 2.05) is 0 Å². The van der Waals surface area contributed by atoms with Crippen LogP contribution in [0.4, 0.5) is 9.18 Å². The molecule has 0 aromatic heterocycles. The van der Waals surface area contributed by atoms with Crippen molar-refractivity contribution in [1.29, 1.82) is 0 Å². The van der Waals surface area contributed by atoms with Crippen molar-refractivity contribution in [2.45, 2.75) is 45.3 Å². The molecule has 2 rings (SSSR count). The number of ether oxygens (including phenoxy) is 1. The van der Waals surface area contributed by atoms with E-state index in [9.17, 15) is 14.3 Å². The molecule has 1 aliphatic heterocycles. The van der Waals surface area contributed by atoms with Gasteiger partial charge in [-0.15, -0.1) is 0 Å². The van der Waals surface area contributed by atoms with E-state index in [0.717, 1.165) is 0 Å². The molecule has 0 spiro atoms. The second kappa shape index (κ2) is 7.05. The minimum atomic E-state index is -0.593. The van der Waals surface area contributed by atoms with E-state index < -0.39 is 17.8 Å². The normalized spacial score (nSPS) is 22.1. The Morgan fingerprint density at radius 3 is 2.78 bits per heavy atom. The number of amides is 1. The maximum absolute atomic E-state index is 13.9. The quantitative estimate of drug-likeness (QED) is 0.892. The summed E-state index contributed by atoms with van der Waals surface area (Å²) in [6.45, 7) is 6.17. The smallest absolute Gasteiger partial charge is 0.410 e. The van der Waals surface area contributed by atoms with Crippen molar-refractivity contribution in [3.63, 3.8) is 0 Å². The number of rotatable bonds is 2. The zero-order chi connectivity index (χ0) is 17.2. The molecule has 0 bridgehead atoms. The Hall–Kier alpha value is -1.33. The molecule has 6 heteroatoms. The van der Waals surface area contributed by atoms with Gasteiger partial charge in [0.1, 0.15) is 11.4 Å². The lowest BCUT2D eigenvalue weighted by Crippen LogP contribution is -2.48. The average Bonchev–Trinajstić information content (AvgIpc) is 2.43. The number of piperidine rings is 1. The third-order valence-electron chi connectivity index (χ3n) is 3.87. The summed E-state index contributed by atoms with van der Waals surface area (Å²) in [7, 11) is 0. The highest BCUT2D eigenvalue weighted by molar-refractivity contribution is 6.31. The molecule has 4 nitrogen and oxygen atoms in total. The Morgan fingerprint density at radius 2 is 2.17 bits per heavy atom. The van der Waals surface area contributed by atoms with Crippen molar-refractivity contribution in [2.24, 2.45) is 5.92 Å². The number of carbonyl (C=O) groups is 1. The first kappa shape index (κ1) is 18.0. The van der Waals surface area contributed by atoms with Crippen molar-refractivity contribution < 1.29 is 19.0 Å². The zero-order valence-corrected chi connectivity index (χ0v) is 14.4. The molecule has 0 aliphatic carbocycles. The molecule has 1 amide bonds. The topological polar surface area (TPSA) is 49.8 Å². The number of aliphatic hydroxyl groups is 1. The summed E-state index contributed by atoms with van der Waals surface area (Å²) in [6, 6.07) is 4.52. The number of hydrogen-bond donors (Lipinski definition) is 1. The van der Waals surface area contributed by atoms with E-state index >= 15 is 0 Å². The van der Waals surface area contributed by atoms with Gasteiger partial charge in [0, 0.05) is 29.6 Å². The second-order valence-electron chi connectivity index (χ2n) is 6.95. The molecule has 1 saturated heterocycles. The Labute approximate surface area is 141 Å². The van der Waals surface area contributed by atoms with E-state index in [1.54, 1.807) is 37.8 Å². The van der Waals surface area contributed by atoms with Crippen molar-refractivity contribution in [2.75, 3.05) is 13.1 Å². The number of hydrogen-bond acceptors (Lipinski definition) is 3. The van der Waals surface area contributed by atoms with Crippen LogP contribution in [-0.4, -0.2) is 40.9 Å². The average molecular weight is 344 g/mol. The van der Waals surface area contributed by atoms with Crippen molar-refractivity contribution in [3.05, 3.63) is 34.6 Å². The predicted molar refractivity (Wildman–Crippen MR) is 87.0 cm³/mol. The lowest BCUT2D eigenvalue weighted by atomic mass is 9.88. The van der Waals surface area contributed by atoms with Crippen LogP contribution in [0.3, 0.4) is 0 Å². The summed E-state index contributed by atoms with van der Waals surface area (Å²) >= 11 is 6.06. The van der Waals surface area contributed by atoms with Gasteiger partial charge in [0.15, 0.2) is 0 Å². The number of likely N-dealkylation sites (tertiary alicyclic amines) is 1. The van der Waals surface area contributed by atoms with Crippen molar-refractivity contribution in [1.82, 2.24) is 4.90 Å². The third kappa shape index (κ3) is 4.82. The fraction of sp³-hybridized carbons (Fsp3) is 0.588. The monoisotopic (exact) mass is 343 g/mol. The minimum Gasteiger partial charge on any atom is -0.444 e. The van der Waals surface area contributed by atoms with Crippen LogP contribution in [0.1, 0.15) is 32.8 Å². The molecule has 1 aliphatic rings. The molecule has 0 radical (unpaired) electrons. The predicted octanol–water partition coefficient (Wildman–Crippen LogP) is 3.64. The maximum Gasteiger partial charge on any atom is 0.410 e. The fourth-order valence-corrected chi connectivity index (χ4v) is 2.94. The van der Waals surface area contributed by atoms with E-state index in [4.69, 9.17) is 16.3 Å². The molecular weight excluding hydrogens is 321 g/mol. The lowest BCUT2D eigenvalue weighted by molar-refractivity contribution is -0.00834. The second-order valence-corrected chi connectivity index (χ2v) is 7.35. The van der Waals surface area contributed by atoms with Gasteiger partial charge < -0.3 is 14.7 Å². The molecule has 1 aromatic carbocycles. The van der Waals surface area contributed by atoms with Gasteiger partial charge in [0.05, 0.1) is 6.10 Å². The molecule has 1 heterocycles. The molecule has 1 N–H and O–H groups in total. The SMILES string of the molecule is CC(C)(C)OC(=O)N1CCC(O)C(Cc2c(F)cccc2Cl)C1. The Kier molecular flexibility index (Phi) is 5.53. The first-order valence-electron chi connectivity index (χ1n) is 7.76. The van der Waals surface area contributed by atoms with E-state index in [-0.39, 0.29) is 18.2 Å². The summed E-state index contributed by atoms with van der Waals surface area (Å²) in [5.74, 6) is -0.662. The van der Waals surface area contributed by atoms with E-state index in [0.29, 0.717) is 30.1 Å². The molecule has 0 saturated carbocycles. The van der Waals surface area contributed by atoms with Gasteiger partial charge in [0.25, 0.3) is 0 Å². The van der Waals surface area contributed by atoms with E-state index in [2.05, 4.69) is 0 Å². The summed E-state index contributed by atoms with van der Waals surface area (Å²) in [6.07, 6.45) is -0.277. The minimum absolute atomic E-state index is 0.273. The Bertz CT molecular complexity index is 553. The lowest BCUT2D eigenvalue weighted by Gasteiger charge is -2.37. The first-order valence-corrected chi connectivity index (χ1v) is 8.14. The van der Waals surface area contributed by atoms with Crippen LogP contribution in [0, 0.1) is 11.7 Å². The summed E-state index contributed by atoms with van der Waals surface area (Å²) in [4.78, 5) is 13.7. The summed E-state index contributed by atoms with van der Waals surface area (Å²) < 4.78 is 19.3. The fourth-order valence-electron chi connectivity index (χ4n) is 2.70. The largest absolute Gasteiger partial charge is 0.444 e. The van der Waals surface area contributed by atoms with Gasteiger partial charge in [-0.3, -0.25) is 0 Å². The van der Waals surface area contributed by atoms with Gasteiger partial charge in [-0.25, -0.2) is 9.18 Å². The maximum atomic E-state index is 13.9. The Morgan fingerprint density at radius 1 is 1.48 bits per heavy atom. The highest BCUT2D eigenvalue weighted by atomic mass is 35.5. The molecule has 23 heavy (non-hydrogen) atoms. The molecule has 2 atom stereocenters.